The minimum absolute atomic E-state index is 0.129. The maximum absolute atomic E-state index is 14.0. The van der Waals surface area contributed by atoms with E-state index in [0.29, 0.717) is 11.1 Å². The van der Waals surface area contributed by atoms with E-state index >= 15 is 0 Å². The Morgan fingerprint density at radius 2 is 1.83 bits per heavy atom. The molecule has 2 rings (SSSR count). The van der Waals surface area contributed by atoms with E-state index in [-0.39, 0.29) is 5.78 Å². The highest BCUT2D eigenvalue weighted by atomic mass is 19.1. The lowest BCUT2D eigenvalue weighted by atomic mass is 10.00. The summed E-state index contributed by atoms with van der Waals surface area (Å²) >= 11 is 0. The molecule has 0 spiro atoms. The molecule has 0 bridgehead atoms. The summed E-state index contributed by atoms with van der Waals surface area (Å²) in [5, 5.41) is 0. The van der Waals surface area contributed by atoms with Crippen LogP contribution in [0.5, 0.6) is 0 Å². The van der Waals surface area contributed by atoms with Crippen LogP contribution in [0.3, 0.4) is 0 Å². The van der Waals surface area contributed by atoms with Gasteiger partial charge in [0.1, 0.15) is 24.1 Å². The van der Waals surface area contributed by atoms with Crippen molar-refractivity contribution in [3.8, 4) is 0 Å². The van der Waals surface area contributed by atoms with Gasteiger partial charge in [-0.1, -0.05) is 24.3 Å². The topological polar surface area (TPSA) is 59.1 Å². The van der Waals surface area contributed by atoms with Gasteiger partial charge in [0.05, 0.1) is 6.04 Å². The summed E-state index contributed by atoms with van der Waals surface area (Å²) in [6.07, 6.45) is 1.88. The van der Waals surface area contributed by atoms with Crippen molar-refractivity contribution in [1.82, 2.24) is 9.80 Å². The molecule has 0 radical (unpaired) electrons. The molecular formula is C22H31FN2O4. The summed E-state index contributed by atoms with van der Waals surface area (Å²) in [6.45, 7) is 7.93. The third-order valence-corrected chi connectivity index (χ3v) is 4.47. The molecule has 1 fully saturated rings. The number of nitrogens with zero attached hydrogens (tertiary/aromatic N) is 2. The fourth-order valence-corrected chi connectivity index (χ4v) is 3.24. The van der Waals surface area contributed by atoms with E-state index in [1.54, 1.807) is 70.0 Å². The molecule has 1 saturated heterocycles. The first-order valence-electron chi connectivity index (χ1n) is 9.61. The second kappa shape index (κ2) is 8.53. The molecule has 6 nitrogen and oxygen atoms in total. The Hall–Kier alpha value is -2.41. The van der Waals surface area contributed by atoms with Crippen molar-refractivity contribution in [3.63, 3.8) is 0 Å². The number of hydrogen-bond donors (Lipinski definition) is 0. The zero-order valence-electron chi connectivity index (χ0n) is 18.2. The quantitative estimate of drug-likeness (QED) is 0.538. The highest BCUT2D eigenvalue weighted by Crippen LogP contribution is 2.42. The van der Waals surface area contributed by atoms with Crippen LogP contribution in [-0.2, 0) is 9.47 Å². The van der Waals surface area contributed by atoms with Crippen molar-refractivity contribution in [2.75, 3.05) is 20.8 Å². The number of carbonyl (C=O) groups is 2. The van der Waals surface area contributed by atoms with Crippen molar-refractivity contribution in [2.45, 2.75) is 58.1 Å². The molecule has 2 atom stereocenters. The first-order chi connectivity index (χ1) is 13.4. The fourth-order valence-electron chi connectivity index (χ4n) is 3.24. The van der Waals surface area contributed by atoms with Crippen LogP contribution in [0.4, 0.5) is 9.18 Å². The Bertz CT molecular complexity index is 766. The van der Waals surface area contributed by atoms with Crippen LogP contribution in [0.1, 0.15) is 56.6 Å². The predicted molar refractivity (Wildman–Crippen MR) is 109 cm³/mol. The number of allylic oxidation sites excluding steroid dienone is 1. The molecule has 1 heterocycles. The van der Waals surface area contributed by atoms with Crippen molar-refractivity contribution in [3.05, 3.63) is 47.7 Å². The van der Waals surface area contributed by atoms with Crippen molar-refractivity contribution >= 4 is 11.9 Å². The molecule has 1 aliphatic rings. The molecule has 1 aliphatic heterocycles. The number of ether oxygens (including phenoxy) is 2. The zero-order valence-corrected chi connectivity index (χ0v) is 18.2. The molecule has 0 aromatic heterocycles. The van der Waals surface area contributed by atoms with Gasteiger partial charge in [-0.2, -0.15) is 0 Å². The molecule has 1 amide bonds. The standard InChI is InChI=1S/C22H31FN2O4/c1-21(2,3)29-20(27)25-17(14-23)19(28-22(25,4)5)16-10-8-15(9-11-16)18(26)12-13-24(6)7/h8-13,17,19H,14H2,1-7H3/t17-,19-/m1/s1. The van der Waals surface area contributed by atoms with Gasteiger partial charge in [-0.25, -0.2) is 9.18 Å². The lowest BCUT2D eigenvalue weighted by Crippen LogP contribution is -2.50. The first-order valence-corrected chi connectivity index (χ1v) is 9.61. The Kier molecular flexibility index (Phi) is 6.73. The van der Waals surface area contributed by atoms with Gasteiger partial charge in [0.25, 0.3) is 0 Å². The van der Waals surface area contributed by atoms with Gasteiger partial charge in [-0.05, 0) is 40.2 Å². The van der Waals surface area contributed by atoms with Crippen molar-refractivity contribution in [1.29, 1.82) is 0 Å². The van der Waals surface area contributed by atoms with Crippen molar-refractivity contribution < 1.29 is 23.5 Å². The molecule has 0 unspecified atom stereocenters. The van der Waals surface area contributed by atoms with Gasteiger partial charge in [0, 0.05) is 31.9 Å². The van der Waals surface area contributed by atoms with E-state index in [1.807, 2.05) is 14.1 Å². The fraction of sp³-hybridized carbons (Fsp3) is 0.545. The second-order valence-electron chi connectivity index (χ2n) is 8.82. The smallest absolute Gasteiger partial charge is 0.413 e. The average Bonchev–Trinajstić information content (AvgIpc) is 2.88. The zero-order chi connectivity index (χ0) is 22.0. The molecule has 1 aromatic carbocycles. The van der Waals surface area contributed by atoms with Gasteiger partial charge >= 0.3 is 6.09 Å². The van der Waals surface area contributed by atoms with E-state index in [2.05, 4.69) is 0 Å². The number of rotatable bonds is 5. The maximum Gasteiger partial charge on any atom is 0.413 e. The molecule has 0 N–H and O–H groups in total. The average molecular weight is 406 g/mol. The number of amides is 1. The Morgan fingerprint density at radius 3 is 2.31 bits per heavy atom. The summed E-state index contributed by atoms with van der Waals surface area (Å²) < 4.78 is 25.5. The van der Waals surface area contributed by atoms with Gasteiger partial charge in [-0.15, -0.1) is 0 Å². The normalized spacial score (nSPS) is 21.4. The number of alkyl halides is 1. The Balaban J connectivity index is 2.26. The van der Waals surface area contributed by atoms with E-state index < -0.39 is 36.2 Å². The molecule has 0 saturated carbocycles. The highest BCUT2D eigenvalue weighted by molar-refractivity contribution is 6.04. The number of carbonyl (C=O) groups excluding carboxylic acids is 2. The van der Waals surface area contributed by atoms with Crippen LogP contribution in [0, 0.1) is 0 Å². The number of hydrogen-bond acceptors (Lipinski definition) is 5. The lowest BCUT2D eigenvalue weighted by molar-refractivity contribution is -0.0797. The number of halogens is 1. The summed E-state index contributed by atoms with van der Waals surface area (Å²) in [6, 6.07) is 6.01. The number of benzene rings is 1. The van der Waals surface area contributed by atoms with E-state index in [9.17, 15) is 14.0 Å². The third kappa shape index (κ3) is 5.56. The third-order valence-electron chi connectivity index (χ3n) is 4.47. The van der Waals surface area contributed by atoms with Crippen LogP contribution in [0.15, 0.2) is 36.5 Å². The predicted octanol–water partition coefficient (Wildman–Crippen LogP) is 4.33. The minimum Gasteiger partial charge on any atom is -0.444 e. The van der Waals surface area contributed by atoms with Crippen LogP contribution in [-0.4, -0.2) is 59.8 Å². The van der Waals surface area contributed by atoms with E-state index in [4.69, 9.17) is 9.47 Å². The van der Waals surface area contributed by atoms with Crippen LogP contribution in [0.25, 0.3) is 0 Å². The monoisotopic (exact) mass is 406 g/mol. The van der Waals surface area contributed by atoms with Gasteiger partial charge in [0.2, 0.25) is 0 Å². The summed E-state index contributed by atoms with van der Waals surface area (Å²) in [5.74, 6) is -0.129. The maximum atomic E-state index is 14.0. The second-order valence-corrected chi connectivity index (χ2v) is 8.82. The molecule has 160 valence electrons. The molecule has 29 heavy (non-hydrogen) atoms. The van der Waals surface area contributed by atoms with Crippen LogP contribution in [0.2, 0.25) is 0 Å². The summed E-state index contributed by atoms with van der Waals surface area (Å²) in [7, 11) is 3.67. The van der Waals surface area contributed by atoms with Gasteiger partial charge < -0.3 is 14.4 Å². The van der Waals surface area contributed by atoms with E-state index in [0.717, 1.165) is 0 Å². The lowest BCUT2D eigenvalue weighted by Gasteiger charge is -2.34. The Morgan fingerprint density at radius 1 is 1.24 bits per heavy atom. The van der Waals surface area contributed by atoms with E-state index in [1.165, 1.54) is 11.0 Å². The highest BCUT2D eigenvalue weighted by Gasteiger charge is 2.51. The van der Waals surface area contributed by atoms with Crippen molar-refractivity contribution in [2.24, 2.45) is 0 Å². The van der Waals surface area contributed by atoms with Crippen LogP contribution < -0.4 is 0 Å². The molecule has 7 heteroatoms. The molecule has 0 aliphatic carbocycles. The van der Waals surface area contributed by atoms with Gasteiger partial charge in [0.15, 0.2) is 5.78 Å². The number of ketones is 1. The summed E-state index contributed by atoms with van der Waals surface area (Å²) in [4.78, 5) is 28.0. The van der Waals surface area contributed by atoms with Gasteiger partial charge in [-0.3, -0.25) is 9.69 Å². The first kappa shape index (κ1) is 22.9. The van der Waals surface area contributed by atoms with Crippen LogP contribution >= 0.6 is 0 Å². The SMILES string of the molecule is CN(C)C=CC(=O)c1ccc([C@H]2OC(C)(C)N(C(=O)OC(C)(C)C)[C@@H]2CF)cc1. The molecular weight excluding hydrogens is 375 g/mol. The largest absolute Gasteiger partial charge is 0.444 e. The molecule has 1 aromatic rings. The minimum atomic E-state index is -1.04. The Labute approximate surface area is 172 Å². The summed E-state index contributed by atoms with van der Waals surface area (Å²) in [5.41, 5.74) is -0.522.